The van der Waals surface area contributed by atoms with Crippen LogP contribution in [0.2, 0.25) is 0 Å². The lowest BCUT2D eigenvalue weighted by molar-refractivity contribution is -0.0149. The summed E-state index contributed by atoms with van der Waals surface area (Å²) in [7, 11) is 1.67. The van der Waals surface area contributed by atoms with E-state index in [2.05, 4.69) is 20.8 Å². The molecule has 0 aromatic heterocycles. The van der Waals surface area contributed by atoms with E-state index < -0.39 is 0 Å². The van der Waals surface area contributed by atoms with Crippen molar-refractivity contribution in [2.24, 2.45) is 0 Å². The molecule has 0 unspecified atom stereocenters. The van der Waals surface area contributed by atoms with Crippen LogP contribution in [0.4, 0.5) is 0 Å². The second-order valence-electron chi connectivity index (χ2n) is 4.25. The first-order chi connectivity index (χ1) is 6.51. The molecule has 1 aromatic carbocycles. The van der Waals surface area contributed by atoms with Gasteiger partial charge in [-0.3, -0.25) is 0 Å². The van der Waals surface area contributed by atoms with Gasteiger partial charge in [0.15, 0.2) is 0 Å². The fourth-order valence-electron chi connectivity index (χ4n) is 1.02. The fraction of sp³-hybridized carbons (Fsp3) is 0.500. The van der Waals surface area contributed by atoms with Crippen LogP contribution in [0, 0.1) is 0 Å². The molecule has 0 heterocycles. The van der Waals surface area contributed by atoms with Crippen molar-refractivity contribution in [2.45, 2.75) is 33.0 Å². The highest BCUT2D eigenvalue weighted by Crippen LogP contribution is 2.15. The van der Waals surface area contributed by atoms with E-state index in [-0.39, 0.29) is 5.60 Å². The van der Waals surface area contributed by atoms with Crippen LogP contribution in [0.3, 0.4) is 0 Å². The van der Waals surface area contributed by atoms with Crippen molar-refractivity contribution in [1.29, 1.82) is 0 Å². The Hall–Kier alpha value is -1.02. The van der Waals surface area contributed by atoms with Gasteiger partial charge in [-0.05, 0) is 38.5 Å². The van der Waals surface area contributed by atoms with Gasteiger partial charge >= 0.3 is 0 Å². The zero-order chi connectivity index (χ0) is 10.6. The Morgan fingerprint density at radius 3 is 2.07 bits per heavy atom. The van der Waals surface area contributed by atoms with Crippen LogP contribution in [0.1, 0.15) is 26.3 Å². The summed E-state index contributed by atoms with van der Waals surface area (Å²) in [5.74, 6) is 0.879. The van der Waals surface area contributed by atoms with Crippen molar-refractivity contribution in [3.05, 3.63) is 29.8 Å². The molecule has 2 heteroatoms. The standard InChI is InChI=1S/C12H18O2/c1-12(2,3)14-9-10-5-7-11(13-4)8-6-10/h5-8H,9H2,1-4H3. The Morgan fingerprint density at radius 2 is 1.64 bits per heavy atom. The van der Waals surface area contributed by atoms with Crippen molar-refractivity contribution in [1.82, 2.24) is 0 Å². The number of hydrogen-bond acceptors (Lipinski definition) is 2. The highest BCUT2D eigenvalue weighted by Gasteiger charge is 2.09. The van der Waals surface area contributed by atoms with Gasteiger partial charge in [-0.1, -0.05) is 12.1 Å². The first kappa shape index (κ1) is 11.1. The first-order valence-electron chi connectivity index (χ1n) is 4.78. The number of benzene rings is 1. The molecule has 0 N–H and O–H groups in total. The van der Waals surface area contributed by atoms with Crippen molar-refractivity contribution in [3.63, 3.8) is 0 Å². The molecule has 0 aliphatic rings. The van der Waals surface area contributed by atoms with Gasteiger partial charge in [0.05, 0.1) is 19.3 Å². The molecular weight excluding hydrogens is 176 g/mol. The molecule has 0 saturated heterocycles. The molecule has 78 valence electrons. The Kier molecular flexibility index (Phi) is 3.53. The average Bonchev–Trinajstić information content (AvgIpc) is 2.14. The number of hydrogen-bond donors (Lipinski definition) is 0. The van der Waals surface area contributed by atoms with Crippen LogP contribution in [-0.2, 0) is 11.3 Å². The first-order valence-corrected chi connectivity index (χ1v) is 4.78. The van der Waals surface area contributed by atoms with E-state index in [1.54, 1.807) is 7.11 Å². The lowest BCUT2D eigenvalue weighted by atomic mass is 10.2. The summed E-state index contributed by atoms with van der Waals surface area (Å²) in [5, 5.41) is 0. The molecule has 0 spiro atoms. The van der Waals surface area contributed by atoms with Crippen molar-refractivity contribution < 1.29 is 9.47 Å². The molecular formula is C12H18O2. The Morgan fingerprint density at radius 1 is 1.07 bits per heavy atom. The minimum Gasteiger partial charge on any atom is -0.497 e. The second kappa shape index (κ2) is 4.47. The van der Waals surface area contributed by atoms with Gasteiger partial charge in [0, 0.05) is 0 Å². The predicted molar refractivity (Wildman–Crippen MR) is 57.5 cm³/mol. The van der Waals surface area contributed by atoms with Crippen LogP contribution in [0.15, 0.2) is 24.3 Å². The van der Waals surface area contributed by atoms with Crippen LogP contribution in [0.25, 0.3) is 0 Å². The Bertz CT molecular complexity index is 269. The van der Waals surface area contributed by atoms with Crippen molar-refractivity contribution in [3.8, 4) is 5.75 Å². The molecule has 1 rings (SSSR count). The van der Waals surface area contributed by atoms with E-state index in [9.17, 15) is 0 Å². The zero-order valence-electron chi connectivity index (χ0n) is 9.33. The number of rotatable bonds is 3. The fourth-order valence-corrected chi connectivity index (χ4v) is 1.02. The lowest BCUT2D eigenvalue weighted by Gasteiger charge is -2.19. The normalized spacial score (nSPS) is 11.4. The van der Waals surface area contributed by atoms with E-state index >= 15 is 0 Å². The zero-order valence-corrected chi connectivity index (χ0v) is 9.33. The van der Waals surface area contributed by atoms with Gasteiger partial charge in [0.25, 0.3) is 0 Å². The molecule has 1 aromatic rings. The molecule has 14 heavy (non-hydrogen) atoms. The summed E-state index contributed by atoms with van der Waals surface area (Å²) in [6.45, 7) is 6.80. The second-order valence-corrected chi connectivity index (χ2v) is 4.25. The minimum absolute atomic E-state index is 0.0834. The minimum atomic E-state index is -0.0834. The van der Waals surface area contributed by atoms with Crippen LogP contribution >= 0.6 is 0 Å². The summed E-state index contributed by atoms with van der Waals surface area (Å²) in [4.78, 5) is 0. The third-order valence-electron chi connectivity index (χ3n) is 1.83. The maximum absolute atomic E-state index is 5.65. The monoisotopic (exact) mass is 194 g/mol. The van der Waals surface area contributed by atoms with Crippen molar-refractivity contribution >= 4 is 0 Å². The molecule has 0 fully saturated rings. The van der Waals surface area contributed by atoms with E-state index in [0.29, 0.717) is 6.61 Å². The molecule has 0 aliphatic carbocycles. The largest absolute Gasteiger partial charge is 0.497 e. The average molecular weight is 194 g/mol. The molecule has 0 atom stereocenters. The van der Waals surface area contributed by atoms with Crippen LogP contribution in [0.5, 0.6) is 5.75 Å². The summed E-state index contributed by atoms with van der Waals surface area (Å²) in [5.41, 5.74) is 1.08. The van der Waals surface area contributed by atoms with Gasteiger partial charge in [0.1, 0.15) is 5.75 Å². The molecule has 0 aliphatic heterocycles. The number of methoxy groups -OCH3 is 1. The van der Waals surface area contributed by atoms with Gasteiger partial charge in [-0.15, -0.1) is 0 Å². The van der Waals surface area contributed by atoms with Gasteiger partial charge in [-0.25, -0.2) is 0 Å². The maximum atomic E-state index is 5.65. The molecule has 0 saturated carbocycles. The maximum Gasteiger partial charge on any atom is 0.118 e. The summed E-state index contributed by atoms with van der Waals surface area (Å²) in [6, 6.07) is 7.93. The predicted octanol–water partition coefficient (Wildman–Crippen LogP) is 3.01. The third kappa shape index (κ3) is 3.79. The van der Waals surface area contributed by atoms with Gasteiger partial charge in [0.2, 0.25) is 0 Å². The topological polar surface area (TPSA) is 18.5 Å². The highest BCUT2D eigenvalue weighted by molar-refractivity contribution is 5.26. The van der Waals surface area contributed by atoms with Crippen LogP contribution in [-0.4, -0.2) is 12.7 Å². The Labute approximate surface area is 85.8 Å². The van der Waals surface area contributed by atoms with E-state index in [1.807, 2.05) is 24.3 Å². The molecule has 0 bridgehead atoms. The highest BCUT2D eigenvalue weighted by atomic mass is 16.5. The van der Waals surface area contributed by atoms with E-state index in [4.69, 9.17) is 9.47 Å². The van der Waals surface area contributed by atoms with E-state index in [0.717, 1.165) is 5.75 Å². The smallest absolute Gasteiger partial charge is 0.118 e. The SMILES string of the molecule is COc1ccc(COC(C)(C)C)cc1. The molecule has 0 radical (unpaired) electrons. The lowest BCUT2D eigenvalue weighted by Crippen LogP contribution is -2.18. The summed E-state index contributed by atoms with van der Waals surface area (Å²) < 4.78 is 10.7. The van der Waals surface area contributed by atoms with Gasteiger partial charge < -0.3 is 9.47 Å². The summed E-state index contributed by atoms with van der Waals surface area (Å²) in [6.07, 6.45) is 0. The number of ether oxygens (including phenoxy) is 2. The van der Waals surface area contributed by atoms with Crippen molar-refractivity contribution in [2.75, 3.05) is 7.11 Å². The quantitative estimate of drug-likeness (QED) is 0.736. The van der Waals surface area contributed by atoms with Gasteiger partial charge in [-0.2, -0.15) is 0 Å². The van der Waals surface area contributed by atoms with Crippen LogP contribution < -0.4 is 4.74 Å². The summed E-state index contributed by atoms with van der Waals surface area (Å²) >= 11 is 0. The molecule has 0 amide bonds. The Balaban J connectivity index is 2.52. The van der Waals surface area contributed by atoms with E-state index in [1.165, 1.54) is 5.56 Å². The molecule has 2 nitrogen and oxygen atoms in total. The third-order valence-corrected chi connectivity index (χ3v) is 1.83.